The van der Waals surface area contributed by atoms with Crippen molar-refractivity contribution in [3.63, 3.8) is 0 Å². The number of nitrogens with zero attached hydrogens (tertiary/aromatic N) is 2. The fourth-order valence-corrected chi connectivity index (χ4v) is 3.46. The van der Waals surface area contributed by atoms with E-state index >= 15 is 0 Å². The summed E-state index contributed by atoms with van der Waals surface area (Å²) >= 11 is 1.71. The minimum absolute atomic E-state index is 0.285. The molecule has 0 radical (unpaired) electrons. The number of ether oxygens (including phenoxy) is 1. The topological polar surface area (TPSA) is 73.1 Å². The van der Waals surface area contributed by atoms with Gasteiger partial charge in [0.05, 0.1) is 17.3 Å². The molecule has 0 saturated heterocycles. The molecule has 0 unspecified atom stereocenters. The molecular weight excluding hydrogens is 308 g/mol. The van der Waals surface area contributed by atoms with E-state index in [0.717, 1.165) is 27.3 Å². The Morgan fingerprint density at radius 3 is 2.78 bits per heavy atom. The number of nitrogen functional groups attached to an aromatic ring is 1. The van der Waals surface area contributed by atoms with Gasteiger partial charge in [0, 0.05) is 17.0 Å². The van der Waals surface area contributed by atoms with Gasteiger partial charge < -0.3 is 15.8 Å². The third-order valence-electron chi connectivity index (χ3n) is 3.62. The highest BCUT2D eigenvalue weighted by molar-refractivity contribution is 7.19. The quantitative estimate of drug-likeness (QED) is 0.740. The minimum atomic E-state index is 0.285. The van der Waals surface area contributed by atoms with E-state index in [0.29, 0.717) is 12.5 Å². The smallest absolute Gasteiger partial charge is 0.222 e. The van der Waals surface area contributed by atoms with Gasteiger partial charge >= 0.3 is 0 Å². The van der Waals surface area contributed by atoms with Crippen molar-refractivity contribution in [1.29, 1.82) is 0 Å². The molecule has 3 aromatic rings. The van der Waals surface area contributed by atoms with E-state index < -0.39 is 0 Å². The van der Waals surface area contributed by atoms with Crippen molar-refractivity contribution < 1.29 is 4.74 Å². The van der Waals surface area contributed by atoms with Crippen LogP contribution < -0.4 is 15.8 Å². The Labute approximate surface area is 139 Å². The van der Waals surface area contributed by atoms with Gasteiger partial charge in [0.15, 0.2) is 0 Å². The number of fused-ring (bicyclic) bond motifs is 1. The van der Waals surface area contributed by atoms with Crippen LogP contribution >= 0.6 is 11.3 Å². The molecule has 2 aromatic heterocycles. The number of hydrogen-bond acceptors (Lipinski definition) is 6. The average Bonchev–Trinajstić information content (AvgIpc) is 2.97. The van der Waals surface area contributed by atoms with Crippen LogP contribution in [-0.4, -0.2) is 17.1 Å². The Bertz CT molecular complexity index is 829. The number of thiophene rings is 1. The molecule has 0 bridgehead atoms. The van der Waals surface area contributed by atoms with Gasteiger partial charge in [-0.25, -0.2) is 4.98 Å². The van der Waals surface area contributed by atoms with Crippen LogP contribution in [0.5, 0.6) is 5.75 Å². The summed E-state index contributed by atoms with van der Waals surface area (Å²) in [6.07, 6.45) is 0. The zero-order valence-electron chi connectivity index (χ0n) is 13.5. The molecule has 2 heterocycles. The Balaban J connectivity index is 1.93. The van der Waals surface area contributed by atoms with Crippen molar-refractivity contribution in [2.75, 3.05) is 18.2 Å². The average molecular weight is 328 g/mol. The monoisotopic (exact) mass is 328 g/mol. The van der Waals surface area contributed by atoms with E-state index in [1.807, 2.05) is 24.3 Å². The molecule has 0 spiro atoms. The Morgan fingerprint density at radius 2 is 2.04 bits per heavy atom. The molecule has 3 N–H and O–H groups in total. The van der Waals surface area contributed by atoms with Crippen LogP contribution in [0.4, 0.5) is 11.8 Å². The number of rotatable bonds is 5. The predicted octanol–water partition coefficient (Wildman–Crippen LogP) is 4.02. The first-order chi connectivity index (χ1) is 11.1. The van der Waals surface area contributed by atoms with Gasteiger partial charge in [-0.1, -0.05) is 32.0 Å². The maximum absolute atomic E-state index is 5.85. The first-order valence-corrected chi connectivity index (χ1v) is 8.33. The van der Waals surface area contributed by atoms with Gasteiger partial charge in [0.2, 0.25) is 5.95 Å². The Kier molecular flexibility index (Phi) is 4.34. The summed E-state index contributed by atoms with van der Waals surface area (Å²) in [4.78, 5) is 9.99. The Morgan fingerprint density at radius 1 is 1.26 bits per heavy atom. The number of aromatic nitrogens is 2. The highest BCUT2D eigenvalue weighted by Gasteiger charge is 2.13. The molecule has 0 atom stereocenters. The number of hydrogen-bond donors (Lipinski definition) is 2. The first kappa shape index (κ1) is 15.6. The van der Waals surface area contributed by atoms with Crippen LogP contribution in [0.2, 0.25) is 0 Å². The molecule has 3 rings (SSSR count). The maximum Gasteiger partial charge on any atom is 0.222 e. The second-order valence-electron chi connectivity index (χ2n) is 5.61. The van der Waals surface area contributed by atoms with E-state index in [1.54, 1.807) is 18.4 Å². The molecule has 120 valence electrons. The lowest BCUT2D eigenvalue weighted by atomic mass is 10.2. The highest BCUT2D eigenvalue weighted by atomic mass is 32.1. The van der Waals surface area contributed by atoms with E-state index in [2.05, 4.69) is 35.2 Å². The van der Waals surface area contributed by atoms with E-state index in [1.165, 1.54) is 4.88 Å². The van der Waals surface area contributed by atoms with E-state index in [9.17, 15) is 0 Å². The summed E-state index contributed by atoms with van der Waals surface area (Å²) in [6, 6.07) is 10.0. The molecule has 1 aromatic carbocycles. The summed E-state index contributed by atoms with van der Waals surface area (Å²) in [5.74, 6) is 2.37. The van der Waals surface area contributed by atoms with Gasteiger partial charge in [-0.3, -0.25) is 0 Å². The van der Waals surface area contributed by atoms with E-state index in [-0.39, 0.29) is 5.95 Å². The van der Waals surface area contributed by atoms with Crippen LogP contribution in [-0.2, 0) is 6.54 Å². The number of benzene rings is 1. The molecule has 0 fully saturated rings. The lowest BCUT2D eigenvalue weighted by molar-refractivity contribution is 0.410. The van der Waals surface area contributed by atoms with Gasteiger partial charge in [0.25, 0.3) is 0 Å². The second kappa shape index (κ2) is 6.42. The van der Waals surface area contributed by atoms with Crippen molar-refractivity contribution in [3.8, 4) is 5.75 Å². The van der Waals surface area contributed by atoms with E-state index in [4.69, 9.17) is 10.5 Å². The summed E-state index contributed by atoms with van der Waals surface area (Å²) in [5, 5.41) is 3.37. The molecule has 0 aliphatic carbocycles. The van der Waals surface area contributed by atoms with Crippen LogP contribution in [0.15, 0.2) is 30.3 Å². The Hall–Kier alpha value is -2.34. The van der Waals surface area contributed by atoms with Crippen LogP contribution in [0.25, 0.3) is 10.2 Å². The number of para-hydroxylation sites is 1. The fourth-order valence-electron chi connectivity index (χ4n) is 2.40. The molecule has 0 amide bonds. The lowest BCUT2D eigenvalue weighted by Gasteiger charge is -2.10. The largest absolute Gasteiger partial charge is 0.496 e. The minimum Gasteiger partial charge on any atom is -0.496 e. The molecule has 5 nitrogen and oxygen atoms in total. The molecule has 0 aliphatic heterocycles. The highest BCUT2D eigenvalue weighted by Crippen LogP contribution is 2.34. The summed E-state index contributed by atoms with van der Waals surface area (Å²) < 4.78 is 6.43. The van der Waals surface area contributed by atoms with Crippen LogP contribution in [0.1, 0.15) is 30.2 Å². The summed E-state index contributed by atoms with van der Waals surface area (Å²) in [7, 11) is 1.67. The molecule has 23 heavy (non-hydrogen) atoms. The van der Waals surface area contributed by atoms with Crippen molar-refractivity contribution in [1.82, 2.24) is 9.97 Å². The second-order valence-corrected chi connectivity index (χ2v) is 6.70. The number of anilines is 2. The number of nitrogens with two attached hydrogens (primary N) is 1. The number of nitrogens with one attached hydrogen (secondary N) is 1. The maximum atomic E-state index is 5.85. The van der Waals surface area contributed by atoms with Crippen LogP contribution in [0.3, 0.4) is 0 Å². The van der Waals surface area contributed by atoms with Crippen molar-refractivity contribution in [3.05, 3.63) is 40.8 Å². The van der Waals surface area contributed by atoms with Gasteiger partial charge in [-0.15, -0.1) is 11.3 Å². The van der Waals surface area contributed by atoms with Gasteiger partial charge in [0.1, 0.15) is 11.6 Å². The van der Waals surface area contributed by atoms with Crippen molar-refractivity contribution in [2.24, 2.45) is 0 Å². The summed E-state index contributed by atoms with van der Waals surface area (Å²) in [5.41, 5.74) is 7.82. The van der Waals surface area contributed by atoms with Crippen molar-refractivity contribution >= 4 is 33.3 Å². The first-order valence-electron chi connectivity index (χ1n) is 7.51. The SMILES string of the molecule is COc1ccccc1CNc1nc(N)nc2cc(C(C)C)sc12. The van der Waals surface area contributed by atoms with Gasteiger partial charge in [-0.2, -0.15) is 4.98 Å². The molecule has 0 aliphatic rings. The molecule has 6 heteroatoms. The zero-order chi connectivity index (χ0) is 16.4. The fraction of sp³-hybridized carbons (Fsp3) is 0.294. The normalized spacial score (nSPS) is 11.1. The number of methoxy groups -OCH3 is 1. The molecule has 0 saturated carbocycles. The molecular formula is C17H20N4OS. The lowest BCUT2D eigenvalue weighted by Crippen LogP contribution is -2.05. The zero-order valence-corrected chi connectivity index (χ0v) is 14.3. The summed E-state index contributed by atoms with van der Waals surface area (Å²) in [6.45, 7) is 4.96. The third-order valence-corrected chi connectivity index (χ3v) is 5.05. The van der Waals surface area contributed by atoms with Crippen molar-refractivity contribution in [2.45, 2.75) is 26.3 Å². The standard InChI is InChI=1S/C17H20N4OS/c1-10(2)14-8-12-15(23-14)16(21-17(18)20-12)19-9-11-6-4-5-7-13(11)22-3/h4-8,10H,9H2,1-3H3,(H3,18,19,20,21). The predicted molar refractivity (Wildman–Crippen MR) is 96.2 cm³/mol. The van der Waals surface area contributed by atoms with Crippen LogP contribution in [0, 0.1) is 0 Å². The third kappa shape index (κ3) is 3.22. The van der Waals surface area contributed by atoms with Gasteiger partial charge in [-0.05, 0) is 18.1 Å².